The van der Waals surface area contributed by atoms with Crippen molar-refractivity contribution in [2.45, 2.75) is 256 Å². The summed E-state index contributed by atoms with van der Waals surface area (Å²) in [5.41, 5.74) is 0. The number of rotatable bonds is 46. The van der Waals surface area contributed by atoms with Crippen LogP contribution in [0.1, 0.15) is 213 Å². The molecule has 1 fully saturated rings. The summed E-state index contributed by atoms with van der Waals surface area (Å²) in [7, 11) is 1.48. The van der Waals surface area contributed by atoms with Crippen LogP contribution in [0.2, 0.25) is 0 Å². The average Bonchev–Trinajstić information content (AvgIpc) is 3.28. The van der Waals surface area contributed by atoms with Crippen molar-refractivity contribution in [2.75, 3.05) is 53.4 Å². The number of ether oxygens (including phenoxy) is 6. The molecule has 0 radical (unpaired) electrons. The van der Waals surface area contributed by atoms with Gasteiger partial charge in [0.25, 0.3) is 0 Å². The van der Waals surface area contributed by atoms with Gasteiger partial charge in [0, 0.05) is 25.9 Å². The number of carbonyl (C=O) groups is 2. The van der Waals surface area contributed by atoms with Crippen LogP contribution in [0.5, 0.6) is 0 Å². The minimum absolute atomic E-state index is 0.0302. The third-order valence-electron chi connectivity index (χ3n) is 12.4. The lowest BCUT2D eigenvalue weighted by Crippen LogP contribution is -2.56. The third kappa shape index (κ3) is 34.0. The van der Waals surface area contributed by atoms with Crippen molar-refractivity contribution in [1.29, 1.82) is 0 Å². The van der Waals surface area contributed by atoms with Gasteiger partial charge in [0.15, 0.2) is 6.10 Å². The minimum Gasteiger partial charge on any atom is -0.463 e. The molecule has 8 atom stereocenters. The van der Waals surface area contributed by atoms with Gasteiger partial charge in [-0.2, -0.15) is 0 Å². The normalized spacial score (nSPS) is 20.3. The van der Waals surface area contributed by atoms with Crippen LogP contribution in [0.25, 0.3) is 0 Å². The predicted molar refractivity (Wildman–Crippen MR) is 252 cm³/mol. The molecule has 64 heavy (non-hydrogen) atoms. The predicted octanol–water partition coefficient (Wildman–Crippen LogP) is 9.07. The third-order valence-corrected chi connectivity index (χ3v) is 12.4. The molecule has 13 nitrogen and oxygen atoms in total. The van der Waals surface area contributed by atoms with Gasteiger partial charge in [-0.3, -0.25) is 9.59 Å². The maximum atomic E-state index is 12.6. The van der Waals surface area contributed by atoms with Crippen LogP contribution in [0.4, 0.5) is 0 Å². The highest BCUT2D eigenvalue weighted by molar-refractivity contribution is 5.69. The molecule has 0 heterocycles. The molecule has 0 aliphatic heterocycles. The van der Waals surface area contributed by atoms with E-state index in [0.717, 1.165) is 38.5 Å². The number of carbonyl (C=O) groups excluding carboxylic acids is 2. The molecule has 0 amide bonds. The first-order chi connectivity index (χ1) is 31.1. The van der Waals surface area contributed by atoms with E-state index in [1.807, 2.05) is 0 Å². The van der Waals surface area contributed by atoms with Gasteiger partial charge in [-0.1, -0.05) is 181 Å². The van der Waals surface area contributed by atoms with Crippen molar-refractivity contribution >= 4 is 11.9 Å². The topological polar surface area (TPSA) is 191 Å². The molecule has 0 aromatic carbocycles. The van der Waals surface area contributed by atoms with E-state index in [0.29, 0.717) is 12.8 Å². The largest absolute Gasteiger partial charge is 0.463 e. The van der Waals surface area contributed by atoms with Crippen LogP contribution in [0.3, 0.4) is 0 Å². The summed E-state index contributed by atoms with van der Waals surface area (Å²) < 4.78 is 32.7. The molecule has 4 unspecified atom stereocenters. The maximum absolute atomic E-state index is 12.6. The zero-order valence-corrected chi connectivity index (χ0v) is 41.0. The zero-order valence-electron chi connectivity index (χ0n) is 41.0. The number of aliphatic hydroxyl groups excluding tert-OH is 5. The summed E-state index contributed by atoms with van der Waals surface area (Å²) in [4.78, 5) is 24.7. The molecule has 1 aliphatic carbocycles. The summed E-state index contributed by atoms with van der Waals surface area (Å²) in [5.74, 6) is -1.26. The van der Waals surface area contributed by atoms with Crippen molar-refractivity contribution in [3.05, 3.63) is 0 Å². The van der Waals surface area contributed by atoms with E-state index in [9.17, 15) is 35.1 Å². The lowest BCUT2D eigenvalue weighted by Gasteiger charge is -2.41. The smallest absolute Gasteiger partial charge is 0.306 e. The molecule has 0 spiro atoms. The fraction of sp³-hybridized carbons (Fsp3) is 0.961. The van der Waals surface area contributed by atoms with E-state index in [2.05, 4.69) is 13.8 Å². The Morgan fingerprint density at radius 3 is 1.20 bits per heavy atom. The van der Waals surface area contributed by atoms with Crippen LogP contribution in [0.15, 0.2) is 0 Å². The Morgan fingerprint density at radius 2 is 0.812 bits per heavy atom. The van der Waals surface area contributed by atoms with Crippen molar-refractivity contribution in [2.24, 2.45) is 5.92 Å². The number of hydrogen-bond acceptors (Lipinski definition) is 13. The molecule has 380 valence electrons. The van der Waals surface area contributed by atoms with Crippen molar-refractivity contribution in [3.8, 4) is 0 Å². The lowest BCUT2D eigenvalue weighted by molar-refractivity contribution is -0.200. The Hall–Kier alpha value is -1.42. The molecule has 5 N–H and O–H groups in total. The maximum Gasteiger partial charge on any atom is 0.306 e. The second kappa shape index (κ2) is 42.9. The van der Waals surface area contributed by atoms with Crippen LogP contribution in [-0.4, -0.2) is 134 Å². The van der Waals surface area contributed by atoms with Gasteiger partial charge in [-0.05, 0) is 19.3 Å². The zero-order chi connectivity index (χ0) is 46.9. The molecule has 1 rings (SSSR count). The first-order valence-electron chi connectivity index (χ1n) is 26.1. The highest BCUT2D eigenvalue weighted by Gasteiger charge is 2.46. The molecular formula is C51H98O13. The summed E-state index contributed by atoms with van der Waals surface area (Å²) >= 11 is 0. The van der Waals surface area contributed by atoms with Crippen LogP contribution in [0, 0.1) is 5.92 Å². The van der Waals surface area contributed by atoms with Gasteiger partial charge in [-0.15, -0.1) is 0 Å². The summed E-state index contributed by atoms with van der Waals surface area (Å²) in [6.45, 7) is 3.77. The molecule has 0 bridgehead atoms. The Bertz CT molecular complexity index is 1050. The summed E-state index contributed by atoms with van der Waals surface area (Å²) in [6, 6.07) is 0. The summed E-state index contributed by atoms with van der Waals surface area (Å²) in [5, 5.41) is 52.3. The van der Waals surface area contributed by atoms with Crippen LogP contribution >= 0.6 is 0 Å². The van der Waals surface area contributed by atoms with Crippen molar-refractivity contribution in [3.63, 3.8) is 0 Å². The van der Waals surface area contributed by atoms with Gasteiger partial charge in [-0.25, -0.2) is 0 Å². The van der Waals surface area contributed by atoms with E-state index < -0.39 is 54.6 Å². The Morgan fingerprint density at radius 1 is 0.469 bits per heavy atom. The molecule has 0 aromatic rings. The monoisotopic (exact) mass is 919 g/mol. The summed E-state index contributed by atoms with van der Waals surface area (Å²) in [6.07, 6.45) is 28.3. The fourth-order valence-electron chi connectivity index (χ4n) is 8.39. The molecule has 1 aliphatic rings. The number of esters is 2. The molecule has 13 heteroatoms. The van der Waals surface area contributed by atoms with E-state index in [4.69, 9.17) is 28.4 Å². The van der Waals surface area contributed by atoms with Gasteiger partial charge in [0.1, 0.15) is 31.0 Å². The Labute approximate surface area is 389 Å². The van der Waals surface area contributed by atoms with Gasteiger partial charge in [0.05, 0.1) is 51.8 Å². The molecular weight excluding hydrogens is 821 g/mol. The first-order valence-corrected chi connectivity index (χ1v) is 26.1. The van der Waals surface area contributed by atoms with E-state index in [1.165, 1.54) is 148 Å². The first kappa shape index (κ1) is 60.6. The number of hydrogen-bond donors (Lipinski definition) is 5. The van der Waals surface area contributed by atoms with E-state index in [1.54, 1.807) is 0 Å². The molecule has 0 aromatic heterocycles. The van der Waals surface area contributed by atoms with Crippen molar-refractivity contribution < 1.29 is 63.5 Å². The van der Waals surface area contributed by atoms with Crippen molar-refractivity contribution in [1.82, 2.24) is 0 Å². The van der Waals surface area contributed by atoms with E-state index in [-0.39, 0.29) is 58.6 Å². The fourth-order valence-corrected chi connectivity index (χ4v) is 8.39. The Balaban J connectivity index is 2.07. The second-order valence-corrected chi connectivity index (χ2v) is 18.7. The molecule has 0 saturated heterocycles. The van der Waals surface area contributed by atoms with E-state index >= 15 is 0 Å². The Kier molecular flexibility index (Phi) is 40.6. The molecule has 1 saturated carbocycles. The van der Waals surface area contributed by atoms with Gasteiger partial charge < -0.3 is 54.0 Å². The average molecular weight is 919 g/mol. The van der Waals surface area contributed by atoms with Crippen LogP contribution < -0.4 is 0 Å². The minimum atomic E-state index is -1.34. The number of unbranched alkanes of at least 4 members (excludes halogenated alkanes) is 26. The van der Waals surface area contributed by atoms with Gasteiger partial charge in [0.2, 0.25) is 0 Å². The quantitative estimate of drug-likeness (QED) is 0.0287. The second-order valence-electron chi connectivity index (χ2n) is 18.7. The van der Waals surface area contributed by atoms with Crippen LogP contribution in [-0.2, 0) is 38.0 Å². The number of aliphatic hydroxyl groups is 5. The standard InChI is InChI=1S/C51H98O13/c1-4-6-8-10-12-14-16-18-19-21-23-25-27-29-31-33-48(56)64-51-46(59-3)34-42(49(57)50(51)58)35-60-36-43(52)37-61-38-44(53)39-62-40-45(54)41-63-47(55)32-30-28-26-24-22-20-17-15-13-11-9-7-5-2/h42-46,49-54,57-58H,4-41H2,1-3H3/t42-,43?,44?,45?,46?,49-,50+,51+/m1/s1. The SMILES string of the molecule is CCCCCCCCCCCCCCCCCC(=O)O[C@H]1C(OC)C[C@H](COCC(O)COCC(O)COCC(O)COC(=O)CCCCCCCCCCCCCCC)[C@@H](O)[C@@H]1O. The lowest BCUT2D eigenvalue weighted by atomic mass is 9.81. The number of methoxy groups -OCH3 is 1. The highest BCUT2D eigenvalue weighted by atomic mass is 16.6. The highest BCUT2D eigenvalue weighted by Crippen LogP contribution is 2.30. The van der Waals surface area contributed by atoms with Gasteiger partial charge >= 0.3 is 11.9 Å².